The number of furan rings is 1. The van der Waals surface area contributed by atoms with Crippen LogP contribution in [0.1, 0.15) is 18.6 Å². The Balaban J connectivity index is 2.08. The Kier molecular flexibility index (Phi) is 5.24. The van der Waals surface area contributed by atoms with Crippen molar-refractivity contribution in [1.29, 1.82) is 0 Å². The lowest BCUT2D eigenvalue weighted by molar-refractivity contribution is -0.137. The van der Waals surface area contributed by atoms with E-state index >= 15 is 0 Å². The summed E-state index contributed by atoms with van der Waals surface area (Å²) in [6.07, 6.45) is 2.41. The summed E-state index contributed by atoms with van der Waals surface area (Å²) in [6.45, 7) is 1.28. The number of carbonyl (C=O) groups is 1. The highest BCUT2D eigenvalue weighted by molar-refractivity contribution is 9.10. The summed E-state index contributed by atoms with van der Waals surface area (Å²) in [5.74, 6) is 0.0707. The lowest BCUT2D eigenvalue weighted by Gasteiger charge is -2.23. The minimum atomic E-state index is -0.766. The Morgan fingerprint density at radius 1 is 1.25 bits per heavy atom. The van der Waals surface area contributed by atoms with Gasteiger partial charge in [0.2, 0.25) is 0 Å². The van der Waals surface area contributed by atoms with Crippen molar-refractivity contribution in [3.8, 4) is 0 Å². The van der Waals surface area contributed by atoms with Gasteiger partial charge < -0.3 is 14.4 Å². The number of aliphatic carboxylic acids is 1. The van der Waals surface area contributed by atoms with Gasteiger partial charge in [0.1, 0.15) is 5.76 Å². The molecule has 0 aliphatic carbocycles. The average Bonchev–Trinajstić information content (AvgIpc) is 2.84. The van der Waals surface area contributed by atoms with E-state index in [0.29, 0.717) is 19.5 Å². The number of rotatable bonds is 7. The second-order valence-corrected chi connectivity index (χ2v) is 5.30. The maximum absolute atomic E-state index is 10.6. The van der Waals surface area contributed by atoms with E-state index in [9.17, 15) is 4.79 Å². The Bertz CT molecular complexity index is 553. The van der Waals surface area contributed by atoms with Crippen LogP contribution in [0.2, 0.25) is 0 Å². The molecule has 1 aromatic carbocycles. The molecule has 0 spiro atoms. The number of hydrogen-bond donors (Lipinski definition) is 1. The fourth-order valence-electron chi connectivity index (χ4n) is 1.97. The zero-order valence-corrected chi connectivity index (χ0v) is 12.5. The van der Waals surface area contributed by atoms with Crippen LogP contribution in [0.5, 0.6) is 0 Å². The SMILES string of the molecule is O=C(O)CCCN(Cc1occc1Br)c1ccccc1. The third kappa shape index (κ3) is 4.13. The second kappa shape index (κ2) is 7.14. The van der Waals surface area contributed by atoms with Crippen LogP contribution in [0.25, 0.3) is 0 Å². The van der Waals surface area contributed by atoms with Gasteiger partial charge in [-0.2, -0.15) is 0 Å². The molecule has 1 aromatic heterocycles. The Labute approximate surface area is 126 Å². The Hall–Kier alpha value is -1.75. The van der Waals surface area contributed by atoms with Gasteiger partial charge in [-0.1, -0.05) is 18.2 Å². The van der Waals surface area contributed by atoms with Gasteiger partial charge in [-0.15, -0.1) is 0 Å². The van der Waals surface area contributed by atoms with E-state index in [1.807, 2.05) is 36.4 Å². The number of hydrogen-bond acceptors (Lipinski definition) is 3. The molecular weight excluding hydrogens is 322 g/mol. The fraction of sp³-hybridized carbons (Fsp3) is 0.267. The van der Waals surface area contributed by atoms with Crippen molar-refractivity contribution in [3.63, 3.8) is 0 Å². The van der Waals surface area contributed by atoms with Gasteiger partial charge in [-0.3, -0.25) is 4.79 Å². The van der Waals surface area contributed by atoms with E-state index < -0.39 is 5.97 Å². The van der Waals surface area contributed by atoms with Crippen LogP contribution < -0.4 is 4.90 Å². The molecule has 2 aromatic rings. The summed E-state index contributed by atoms with van der Waals surface area (Å²) >= 11 is 3.44. The molecule has 1 N–H and O–H groups in total. The summed E-state index contributed by atoms with van der Waals surface area (Å²) in [6, 6.07) is 11.8. The third-order valence-corrected chi connectivity index (χ3v) is 3.67. The molecule has 106 valence electrons. The molecule has 20 heavy (non-hydrogen) atoms. The smallest absolute Gasteiger partial charge is 0.303 e. The van der Waals surface area contributed by atoms with Gasteiger partial charge in [0.05, 0.1) is 17.3 Å². The van der Waals surface area contributed by atoms with Crippen molar-refractivity contribution in [2.75, 3.05) is 11.4 Å². The molecule has 4 nitrogen and oxygen atoms in total. The van der Waals surface area contributed by atoms with Crippen LogP contribution in [0.15, 0.2) is 51.6 Å². The van der Waals surface area contributed by atoms with Crippen LogP contribution in [0.3, 0.4) is 0 Å². The van der Waals surface area contributed by atoms with Crippen molar-refractivity contribution in [2.24, 2.45) is 0 Å². The number of nitrogens with zero attached hydrogens (tertiary/aromatic N) is 1. The summed E-state index contributed by atoms with van der Waals surface area (Å²) < 4.78 is 6.37. The van der Waals surface area contributed by atoms with E-state index in [4.69, 9.17) is 9.52 Å². The highest BCUT2D eigenvalue weighted by atomic mass is 79.9. The average molecular weight is 338 g/mol. The van der Waals surface area contributed by atoms with Crippen molar-refractivity contribution < 1.29 is 14.3 Å². The first-order chi connectivity index (χ1) is 9.66. The summed E-state index contributed by atoms with van der Waals surface area (Å²) in [5, 5.41) is 8.75. The molecule has 0 saturated heterocycles. The normalized spacial score (nSPS) is 10.4. The first kappa shape index (κ1) is 14.7. The summed E-state index contributed by atoms with van der Waals surface area (Å²) in [4.78, 5) is 12.8. The van der Waals surface area contributed by atoms with Gasteiger partial charge in [0, 0.05) is 18.7 Å². The van der Waals surface area contributed by atoms with E-state index in [1.165, 1.54) is 0 Å². The monoisotopic (exact) mass is 337 g/mol. The number of carboxylic acid groups (broad SMARTS) is 1. The Morgan fingerprint density at radius 3 is 2.60 bits per heavy atom. The van der Waals surface area contributed by atoms with Gasteiger partial charge >= 0.3 is 5.97 Å². The van der Waals surface area contributed by atoms with Crippen molar-refractivity contribution >= 4 is 27.6 Å². The number of halogens is 1. The molecule has 1 heterocycles. The molecular formula is C15H16BrNO3. The Morgan fingerprint density at radius 2 is 2.00 bits per heavy atom. The minimum absolute atomic E-state index is 0.169. The topological polar surface area (TPSA) is 53.7 Å². The molecule has 5 heteroatoms. The number of para-hydroxylation sites is 1. The quantitative estimate of drug-likeness (QED) is 0.832. The van der Waals surface area contributed by atoms with E-state index in [2.05, 4.69) is 20.8 Å². The second-order valence-electron chi connectivity index (χ2n) is 4.45. The highest BCUT2D eigenvalue weighted by Crippen LogP contribution is 2.23. The van der Waals surface area contributed by atoms with Gasteiger partial charge in [0.15, 0.2) is 0 Å². The molecule has 0 saturated carbocycles. The van der Waals surface area contributed by atoms with Crippen molar-refractivity contribution in [1.82, 2.24) is 0 Å². The predicted molar refractivity (Wildman–Crippen MR) is 80.8 cm³/mol. The number of anilines is 1. The molecule has 0 aliphatic heterocycles. The standard InChI is InChI=1S/C15H16BrNO3/c16-13-8-10-20-14(13)11-17(9-4-7-15(18)19)12-5-2-1-3-6-12/h1-3,5-6,8,10H,4,7,9,11H2,(H,18,19). The van der Waals surface area contributed by atoms with Gasteiger partial charge in [-0.25, -0.2) is 0 Å². The lowest BCUT2D eigenvalue weighted by atomic mass is 10.2. The minimum Gasteiger partial charge on any atom is -0.481 e. The number of carboxylic acids is 1. The maximum atomic E-state index is 10.6. The van der Waals surface area contributed by atoms with E-state index in [0.717, 1.165) is 15.9 Å². The van der Waals surface area contributed by atoms with E-state index in [1.54, 1.807) is 6.26 Å². The van der Waals surface area contributed by atoms with Crippen LogP contribution in [0, 0.1) is 0 Å². The summed E-state index contributed by atoms with van der Waals surface area (Å²) in [5.41, 5.74) is 1.06. The van der Waals surface area contributed by atoms with Gasteiger partial charge in [-0.05, 0) is 40.5 Å². The number of benzene rings is 1. The first-order valence-corrected chi connectivity index (χ1v) is 7.20. The third-order valence-electron chi connectivity index (χ3n) is 2.97. The van der Waals surface area contributed by atoms with Gasteiger partial charge in [0.25, 0.3) is 0 Å². The first-order valence-electron chi connectivity index (χ1n) is 6.40. The van der Waals surface area contributed by atoms with Crippen LogP contribution in [0.4, 0.5) is 5.69 Å². The molecule has 0 atom stereocenters. The molecule has 0 radical (unpaired) electrons. The largest absolute Gasteiger partial charge is 0.481 e. The zero-order valence-electron chi connectivity index (χ0n) is 11.0. The molecule has 0 aliphatic rings. The maximum Gasteiger partial charge on any atom is 0.303 e. The highest BCUT2D eigenvalue weighted by Gasteiger charge is 2.12. The molecule has 2 rings (SSSR count). The van der Waals surface area contributed by atoms with Crippen LogP contribution in [-0.2, 0) is 11.3 Å². The summed E-state index contributed by atoms with van der Waals surface area (Å²) in [7, 11) is 0. The van der Waals surface area contributed by atoms with Crippen molar-refractivity contribution in [3.05, 3.63) is 52.9 Å². The van der Waals surface area contributed by atoms with Crippen LogP contribution >= 0.6 is 15.9 Å². The van der Waals surface area contributed by atoms with E-state index in [-0.39, 0.29) is 6.42 Å². The molecule has 0 fully saturated rings. The van der Waals surface area contributed by atoms with Crippen molar-refractivity contribution in [2.45, 2.75) is 19.4 Å². The molecule has 0 bridgehead atoms. The predicted octanol–water partition coefficient (Wildman–Crippen LogP) is 3.91. The zero-order chi connectivity index (χ0) is 14.4. The molecule has 0 unspecified atom stereocenters. The fourth-order valence-corrected chi connectivity index (χ4v) is 2.30. The lowest BCUT2D eigenvalue weighted by Crippen LogP contribution is -2.24. The molecule has 0 amide bonds. The van der Waals surface area contributed by atoms with Crippen LogP contribution in [-0.4, -0.2) is 17.6 Å².